The van der Waals surface area contributed by atoms with Crippen molar-refractivity contribution in [2.75, 3.05) is 12.5 Å². The van der Waals surface area contributed by atoms with Gasteiger partial charge in [0.25, 0.3) is 0 Å². The van der Waals surface area contributed by atoms with E-state index in [9.17, 15) is 0 Å². The maximum absolute atomic E-state index is 6.23. The SMILES string of the molecule is CCCc1cc2c(C)c(Cl)cc(OC)c2nc1NN. The average molecular weight is 280 g/mol. The number of hydrogen-bond acceptors (Lipinski definition) is 4. The summed E-state index contributed by atoms with van der Waals surface area (Å²) >= 11 is 6.23. The first-order valence-electron chi connectivity index (χ1n) is 6.25. The van der Waals surface area contributed by atoms with Gasteiger partial charge in [-0.05, 0) is 30.5 Å². The van der Waals surface area contributed by atoms with E-state index in [4.69, 9.17) is 22.2 Å². The van der Waals surface area contributed by atoms with Gasteiger partial charge in [-0.25, -0.2) is 10.8 Å². The molecule has 0 aliphatic heterocycles. The number of hydrazine groups is 1. The molecule has 0 saturated heterocycles. The van der Waals surface area contributed by atoms with Crippen molar-refractivity contribution in [3.05, 3.63) is 28.3 Å². The lowest BCUT2D eigenvalue weighted by molar-refractivity contribution is 0.419. The van der Waals surface area contributed by atoms with Crippen molar-refractivity contribution in [1.82, 2.24) is 4.98 Å². The third-order valence-electron chi connectivity index (χ3n) is 3.23. The number of nitrogens with one attached hydrogen (secondary N) is 1. The van der Waals surface area contributed by atoms with E-state index in [1.165, 1.54) is 0 Å². The van der Waals surface area contributed by atoms with Gasteiger partial charge in [-0.2, -0.15) is 0 Å². The van der Waals surface area contributed by atoms with Gasteiger partial charge in [0.1, 0.15) is 17.1 Å². The largest absolute Gasteiger partial charge is 0.494 e. The van der Waals surface area contributed by atoms with Crippen LogP contribution in [-0.4, -0.2) is 12.1 Å². The van der Waals surface area contributed by atoms with E-state index in [1.807, 2.05) is 6.92 Å². The van der Waals surface area contributed by atoms with Gasteiger partial charge < -0.3 is 10.2 Å². The van der Waals surface area contributed by atoms with Crippen LogP contribution in [0.3, 0.4) is 0 Å². The molecule has 0 fully saturated rings. The van der Waals surface area contributed by atoms with E-state index < -0.39 is 0 Å². The smallest absolute Gasteiger partial charge is 0.146 e. The Morgan fingerprint density at radius 2 is 2.16 bits per heavy atom. The maximum atomic E-state index is 6.23. The molecule has 19 heavy (non-hydrogen) atoms. The van der Waals surface area contributed by atoms with E-state index in [-0.39, 0.29) is 0 Å². The number of benzene rings is 1. The van der Waals surface area contributed by atoms with Gasteiger partial charge in [-0.1, -0.05) is 24.9 Å². The molecule has 4 nitrogen and oxygen atoms in total. The Kier molecular flexibility index (Phi) is 4.12. The minimum Gasteiger partial charge on any atom is -0.494 e. The van der Waals surface area contributed by atoms with Gasteiger partial charge in [-0.3, -0.25) is 0 Å². The summed E-state index contributed by atoms with van der Waals surface area (Å²) in [5.74, 6) is 6.90. The van der Waals surface area contributed by atoms with Crippen molar-refractivity contribution < 1.29 is 4.74 Å². The Morgan fingerprint density at radius 3 is 2.74 bits per heavy atom. The zero-order valence-corrected chi connectivity index (χ0v) is 12.1. The number of aromatic nitrogens is 1. The second kappa shape index (κ2) is 5.63. The normalized spacial score (nSPS) is 10.8. The van der Waals surface area contributed by atoms with Gasteiger partial charge in [0.05, 0.1) is 7.11 Å². The molecule has 1 aromatic carbocycles. The molecular formula is C14H18ClN3O. The molecule has 0 aliphatic rings. The van der Waals surface area contributed by atoms with Crippen LogP contribution in [0.5, 0.6) is 5.75 Å². The van der Waals surface area contributed by atoms with Crippen molar-refractivity contribution in [2.45, 2.75) is 26.7 Å². The van der Waals surface area contributed by atoms with Crippen LogP contribution in [-0.2, 0) is 6.42 Å². The summed E-state index contributed by atoms with van der Waals surface area (Å²) in [6.45, 7) is 4.10. The molecule has 0 radical (unpaired) electrons. The van der Waals surface area contributed by atoms with Crippen LogP contribution in [0.15, 0.2) is 12.1 Å². The summed E-state index contributed by atoms with van der Waals surface area (Å²) in [6.07, 6.45) is 1.94. The van der Waals surface area contributed by atoms with E-state index in [0.29, 0.717) is 16.6 Å². The molecule has 5 heteroatoms. The van der Waals surface area contributed by atoms with Gasteiger partial charge in [-0.15, -0.1) is 0 Å². The van der Waals surface area contributed by atoms with Crippen molar-refractivity contribution in [3.8, 4) is 5.75 Å². The maximum Gasteiger partial charge on any atom is 0.146 e. The Bertz CT molecular complexity index is 613. The van der Waals surface area contributed by atoms with Crippen LogP contribution in [0.1, 0.15) is 24.5 Å². The fourth-order valence-corrected chi connectivity index (χ4v) is 2.39. The molecule has 1 aromatic heterocycles. The Hall–Kier alpha value is -1.52. The van der Waals surface area contributed by atoms with Crippen molar-refractivity contribution in [3.63, 3.8) is 0 Å². The van der Waals surface area contributed by atoms with Crippen molar-refractivity contribution >= 4 is 28.3 Å². The second-order valence-corrected chi connectivity index (χ2v) is 4.88. The quantitative estimate of drug-likeness (QED) is 0.665. The molecule has 2 aromatic rings. The van der Waals surface area contributed by atoms with E-state index in [1.54, 1.807) is 13.2 Å². The summed E-state index contributed by atoms with van der Waals surface area (Å²) in [4.78, 5) is 4.57. The van der Waals surface area contributed by atoms with Gasteiger partial charge >= 0.3 is 0 Å². The fourth-order valence-electron chi connectivity index (χ4n) is 2.19. The second-order valence-electron chi connectivity index (χ2n) is 4.47. The molecule has 102 valence electrons. The molecule has 0 atom stereocenters. The highest BCUT2D eigenvalue weighted by Gasteiger charge is 2.13. The van der Waals surface area contributed by atoms with Crippen LogP contribution < -0.4 is 16.0 Å². The number of ether oxygens (including phenoxy) is 1. The summed E-state index contributed by atoms with van der Waals surface area (Å²) in [5, 5.41) is 1.69. The molecule has 0 amide bonds. The highest BCUT2D eigenvalue weighted by atomic mass is 35.5. The first-order valence-corrected chi connectivity index (χ1v) is 6.63. The molecule has 0 unspecified atom stereocenters. The highest BCUT2D eigenvalue weighted by Crippen LogP contribution is 2.34. The Morgan fingerprint density at radius 1 is 1.42 bits per heavy atom. The average Bonchev–Trinajstić information content (AvgIpc) is 2.42. The number of aryl methyl sites for hydroxylation is 2. The van der Waals surface area contributed by atoms with Crippen molar-refractivity contribution in [2.24, 2.45) is 5.84 Å². The zero-order chi connectivity index (χ0) is 14.0. The summed E-state index contributed by atoms with van der Waals surface area (Å²) in [7, 11) is 1.61. The van der Waals surface area contributed by atoms with E-state index >= 15 is 0 Å². The van der Waals surface area contributed by atoms with E-state index in [0.717, 1.165) is 34.9 Å². The van der Waals surface area contributed by atoms with Crippen LogP contribution in [0.2, 0.25) is 5.02 Å². The zero-order valence-electron chi connectivity index (χ0n) is 11.4. The molecule has 2 rings (SSSR count). The topological polar surface area (TPSA) is 60.2 Å². The predicted octanol–water partition coefficient (Wildman–Crippen LogP) is 3.44. The van der Waals surface area contributed by atoms with Crippen LogP contribution in [0, 0.1) is 6.92 Å². The lowest BCUT2D eigenvalue weighted by atomic mass is 10.0. The molecule has 1 heterocycles. The number of nitrogen functional groups attached to an aromatic ring is 1. The number of rotatable bonds is 4. The number of anilines is 1. The number of hydrogen-bond donors (Lipinski definition) is 2. The molecular weight excluding hydrogens is 262 g/mol. The summed E-state index contributed by atoms with van der Waals surface area (Å²) in [6, 6.07) is 3.87. The summed E-state index contributed by atoms with van der Waals surface area (Å²) < 4.78 is 5.35. The Balaban J connectivity index is 2.79. The number of nitrogens with two attached hydrogens (primary N) is 1. The number of nitrogens with zero attached hydrogens (tertiary/aromatic N) is 1. The van der Waals surface area contributed by atoms with Crippen LogP contribution in [0.4, 0.5) is 5.82 Å². The number of fused-ring (bicyclic) bond motifs is 1. The van der Waals surface area contributed by atoms with Crippen LogP contribution in [0.25, 0.3) is 10.9 Å². The number of pyridine rings is 1. The van der Waals surface area contributed by atoms with Gasteiger partial charge in [0, 0.05) is 16.5 Å². The molecule has 0 bridgehead atoms. The monoisotopic (exact) mass is 279 g/mol. The highest BCUT2D eigenvalue weighted by molar-refractivity contribution is 6.32. The van der Waals surface area contributed by atoms with Crippen molar-refractivity contribution in [1.29, 1.82) is 0 Å². The lowest BCUT2D eigenvalue weighted by Gasteiger charge is -2.14. The van der Waals surface area contributed by atoms with Gasteiger partial charge in [0.2, 0.25) is 0 Å². The number of halogens is 1. The summed E-state index contributed by atoms with van der Waals surface area (Å²) in [5.41, 5.74) is 5.53. The molecule has 0 saturated carbocycles. The minimum atomic E-state index is 0.658. The third kappa shape index (κ3) is 2.46. The first kappa shape index (κ1) is 13.9. The standard InChI is InChI=1S/C14H18ClN3O/c1-4-5-9-6-10-8(2)11(15)7-12(19-3)13(10)17-14(9)18-16/h6-7H,4-5,16H2,1-3H3,(H,17,18). The van der Waals surface area contributed by atoms with Gasteiger partial charge in [0.15, 0.2) is 0 Å². The molecule has 0 aliphatic carbocycles. The fraction of sp³-hybridized carbons (Fsp3) is 0.357. The predicted molar refractivity (Wildman–Crippen MR) is 79.8 cm³/mol. The number of methoxy groups -OCH3 is 1. The molecule has 3 N–H and O–H groups in total. The van der Waals surface area contributed by atoms with Crippen LogP contribution >= 0.6 is 11.6 Å². The minimum absolute atomic E-state index is 0.658. The lowest BCUT2D eigenvalue weighted by Crippen LogP contribution is -2.11. The Labute approximate surface area is 117 Å². The van der Waals surface area contributed by atoms with E-state index in [2.05, 4.69) is 23.4 Å². The first-order chi connectivity index (χ1) is 9.12. The molecule has 0 spiro atoms. The third-order valence-corrected chi connectivity index (χ3v) is 3.62.